The third-order valence-electron chi connectivity index (χ3n) is 4.89. The smallest absolute Gasteiger partial charge is 0.221 e. The van der Waals surface area contributed by atoms with E-state index in [9.17, 15) is 5.11 Å². The number of nitriles is 1. The lowest BCUT2D eigenvalue weighted by Gasteiger charge is -2.15. The van der Waals surface area contributed by atoms with Gasteiger partial charge < -0.3 is 20.3 Å². The highest BCUT2D eigenvalue weighted by molar-refractivity contribution is 5.95. The number of rotatable bonds is 7. The van der Waals surface area contributed by atoms with Gasteiger partial charge in [-0.05, 0) is 54.7 Å². The topological polar surface area (TPSA) is 97.9 Å². The molecule has 152 valence electrons. The molecule has 0 aliphatic heterocycles. The Morgan fingerprint density at radius 1 is 1.48 bits per heavy atom. The summed E-state index contributed by atoms with van der Waals surface area (Å²) in [5, 5.41) is 31.3. The first kappa shape index (κ1) is 22.2. The molecule has 0 amide bonds. The molecule has 0 bridgehead atoms. The van der Waals surface area contributed by atoms with Crippen LogP contribution in [-0.4, -0.2) is 42.4 Å². The molecule has 1 aliphatic rings. The SMILES string of the molecule is C=CC=C1C(=C(C)C(=C)N=C(OC)c2ccc(O)c(C#N)c2)CCC1NCCO. The first-order valence-electron chi connectivity index (χ1n) is 9.39. The van der Waals surface area contributed by atoms with Gasteiger partial charge in [0, 0.05) is 18.2 Å². The van der Waals surface area contributed by atoms with Gasteiger partial charge in [0.15, 0.2) is 0 Å². The fourth-order valence-corrected chi connectivity index (χ4v) is 3.36. The Kier molecular flexibility index (Phi) is 7.96. The quantitative estimate of drug-likeness (QED) is 0.487. The van der Waals surface area contributed by atoms with Gasteiger partial charge in [-0.2, -0.15) is 5.26 Å². The van der Waals surface area contributed by atoms with E-state index in [0.29, 0.717) is 23.7 Å². The molecule has 29 heavy (non-hydrogen) atoms. The van der Waals surface area contributed by atoms with Crippen LogP contribution < -0.4 is 5.32 Å². The summed E-state index contributed by atoms with van der Waals surface area (Å²) in [6.07, 6.45) is 5.52. The number of allylic oxidation sites excluding steroid dienone is 3. The Balaban J connectivity index is 2.37. The summed E-state index contributed by atoms with van der Waals surface area (Å²) in [4.78, 5) is 4.53. The number of aliphatic hydroxyl groups excluding tert-OH is 1. The second kappa shape index (κ2) is 10.4. The van der Waals surface area contributed by atoms with Crippen LogP contribution >= 0.6 is 0 Å². The maximum absolute atomic E-state index is 9.71. The number of hydrogen-bond donors (Lipinski definition) is 3. The summed E-state index contributed by atoms with van der Waals surface area (Å²) < 4.78 is 5.41. The maximum Gasteiger partial charge on any atom is 0.221 e. The highest BCUT2D eigenvalue weighted by atomic mass is 16.5. The van der Waals surface area contributed by atoms with Gasteiger partial charge in [0.25, 0.3) is 0 Å². The van der Waals surface area contributed by atoms with E-state index in [1.165, 1.54) is 19.2 Å². The minimum absolute atomic E-state index is 0.0847. The van der Waals surface area contributed by atoms with Crippen molar-refractivity contribution in [1.82, 2.24) is 5.32 Å². The predicted molar refractivity (Wildman–Crippen MR) is 115 cm³/mol. The number of phenols is 1. The fraction of sp³-hybridized carbons (Fsp3) is 0.304. The van der Waals surface area contributed by atoms with E-state index in [0.717, 1.165) is 29.6 Å². The molecule has 1 atom stereocenters. The number of methoxy groups -OCH3 is 1. The normalized spacial score (nSPS) is 19.7. The number of aliphatic hydroxyl groups is 1. The zero-order valence-electron chi connectivity index (χ0n) is 16.9. The Labute approximate surface area is 171 Å². The van der Waals surface area contributed by atoms with Gasteiger partial charge >= 0.3 is 0 Å². The van der Waals surface area contributed by atoms with Crippen molar-refractivity contribution < 1.29 is 14.9 Å². The molecule has 6 nitrogen and oxygen atoms in total. The van der Waals surface area contributed by atoms with Gasteiger partial charge in [-0.3, -0.25) is 0 Å². The van der Waals surface area contributed by atoms with E-state index in [4.69, 9.17) is 15.1 Å². The first-order chi connectivity index (χ1) is 14.0. The molecule has 1 unspecified atom stereocenters. The minimum atomic E-state index is -0.0876. The molecule has 0 aromatic heterocycles. The van der Waals surface area contributed by atoms with Crippen LogP contribution in [0.4, 0.5) is 0 Å². The molecule has 1 aliphatic carbocycles. The third-order valence-corrected chi connectivity index (χ3v) is 4.89. The van der Waals surface area contributed by atoms with Gasteiger partial charge in [0.2, 0.25) is 5.90 Å². The predicted octanol–water partition coefficient (Wildman–Crippen LogP) is 3.34. The molecule has 2 rings (SSSR count). The molecule has 6 heteroatoms. The molecule has 0 radical (unpaired) electrons. The lowest BCUT2D eigenvalue weighted by Crippen LogP contribution is -2.30. The van der Waals surface area contributed by atoms with Crippen molar-refractivity contribution >= 4 is 5.90 Å². The number of benzene rings is 1. The van der Waals surface area contributed by atoms with Crippen LogP contribution in [-0.2, 0) is 4.74 Å². The summed E-state index contributed by atoms with van der Waals surface area (Å²) in [5.41, 5.74) is 4.50. The average molecular weight is 393 g/mol. The summed E-state index contributed by atoms with van der Waals surface area (Å²) in [7, 11) is 1.50. The van der Waals surface area contributed by atoms with Crippen molar-refractivity contribution in [1.29, 1.82) is 5.26 Å². The van der Waals surface area contributed by atoms with Gasteiger partial charge in [-0.25, -0.2) is 4.99 Å². The van der Waals surface area contributed by atoms with E-state index in [2.05, 4.69) is 23.5 Å². The van der Waals surface area contributed by atoms with Crippen LogP contribution in [0.1, 0.15) is 30.9 Å². The maximum atomic E-state index is 9.71. The lowest BCUT2D eigenvalue weighted by molar-refractivity contribution is 0.287. The number of nitrogens with one attached hydrogen (secondary N) is 1. The molecule has 0 heterocycles. The van der Waals surface area contributed by atoms with Gasteiger partial charge in [0.1, 0.15) is 11.8 Å². The van der Waals surface area contributed by atoms with Gasteiger partial charge in [-0.1, -0.05) is 25.3 Å². The van der Waals surface area contributed by atoms with Crippen molar-refractivity contribution in [3.8, 4) is 11.8 Å². The number of ether oxygens (including phenoxy) is 1. The number of nitrogens with zero attached hydrogens (tertiary/aromatic N) is 2. The van der Waals surface area contributed by atoms with E-state index in [1.54, 1.807) is 12.1 Å². The van der Waals surface area contributed by atoms with E-state index in [-0.39, 0.29) is 24.0 Å². The Morgan fingerprint density at radius 3 is 2.86 bits per heavy atom. The molecule has 0 spiro atoms. The summed E-state index contributed by atoms with van der Waals surface area (Å²) in [5.74, 6) is 0.226. The third kappa shape index (κ3) is 5.23. The van der Waals surface area contributed by atoms with Crippen molar-refractivity contribution in [3.63, 3.8) is 0 Å². The van der Waals surface area contributed by atoms with Crippen molar-refractivity contribution in [2.24, 2.45) is 4.99 Å². The van der Waals surface area contributed by atoms with Crippen LogP contribution in [0.15, 0.2) is 70.9 Å². The fourth-order valence-electron chi connectivity index (χ4n) is 3.36. The second-order valence-electron chi connectivity index (χ2n) is 6.64. The molecule has 1 aromatic carbocycles. The highest BCUT2D eigenvalue weighted by Gasteiger charge is 2.26. The van der Waals surface area contributed by atoms with Crippen molar-refractivity contribution in [3.05, 3.63) is 77.1 Å². The van der Waals surface area contributed by atoms with Crippen LogP contribution in [0, 0.1) is 11.3 Å². The lowest BCUT2D eigenvalue weighted by atomic mass is 10.00. The largest absolute Gasteiger partial charge is 0.507 e. The molecule has 1 saturated carbocycles. The summed E-state index contributed by atoms with van der Waals surface area (Å²) in [6.45, 7) is 10.5. The molecular formula is C23H27N3O3. The first-order valence-corrected chi connectivity index (χ1v) is 9.39. The highest BCUT2D eigenvalue weighted by Crippen LogP contribution is 2.35. The standard InChI is InChI=1S/C23H27N3O3/c1-5-6-20-19(8-9-21(20)25-11-12-27)15(2)16(3)26-23(29-4)17-7-10-22(28)18(13-17)14-24/h5-7,10,13,21,25,27-28H,1,3,8-9,11-12H2,2,4H3. The van der Waals surface area contributed by atoms with Crippen molar-refractivity contribution in [2.45, 2.75) is 25.8 Å². The Morgan fingerprint density at radius 2 is 2.24 bits per heavy atom. The number of aliphatic imine (C=N–C) groups is 1. The Bertz CT molecular complexity index is 920. The molecule has 1 fully saturated rings. The van der Waals surface area contributed by atoms with Crippen LogP contribution in [0.5, 0.6) is 5.75 Å². The number of phenolic OH excluding ortho intramolecular Hbond substituents is 1. The molecule has 1 aromatic rings. The van der Waals surface area contributed by atoms with Crippen LogP contribution in [0.3, 0.4) is 0 Å². The average Bonchev–Trinajstić information content (AvgIpc) is 3.12. The summed E-state index contributed by atoms with van der Waals surface area (Å²) in [6, 6.07) is 6.70. The van der Waals surface area contributed by atoms with E-state index < -0.39 is 0 Å². The Hall–Kier alpha value is -3.14. The van der Waals surface area contributed by atoms with E-state index >= 15 is 0 Å². The number of aromatic hydroxyl groups is 1. The van der Waals surface area contributed by atoms with Gasteiger partial charge in [-0.15, -0.1) is 0 Å². The zero-order chi connectivity index (χ0) is 21.4. The summed E-state index contributed by atoms with van der Waals surface area (Å²) >= 11 is 0. The molecule has 3 N–H and O–H groups in total. The van der Waals surface area contributed by atoms with Crippen molar-refractivity contribution in [2.75, 3.05) is 20.3 Å². The second-order valence-corrected chi connectivity index (χ2v) is 6.64. The van der Waals surface area contributed by atoms with Crippen LogP contribution in [0.25, 0.3) is 0 Å². The van der Waals surface area contributed by atoms with Gasteiger partial charge in [0.05, 0.1) is 25.0 Å². The monoisotopic (exact) mass is 393 g/mol. The minimum Gasteiger partial charge on any atom is -0.507 e. The van der Waals surface area contributed by atoms with Crippen LogP contribution in [0.2, 0.25) is 0 Å². The zero-order valence-corrected chi connectivity index (χ0v) is 16.9. The molecular weight excluding hydrogens is 366 g/mol. The van der Waals surface area contributed by atoms with E-state index in [1.807, 2.05) is 19.1 Å². The molecule has 0 saturated heterocycles. The number of hydrogen-bond acceptors (Lipinski definition) is 6.